The van der Waals surface area contributed by atoms with E-state index in [0.717, 1.165) is 35.5 Å². The average Bonchev–Trinajstić information content (AvgIpc) is 3.46. The molecule has 34 heavy (non-hydrogen) atoms. The molecular weight excluding hydrogens is 454 g/mol. The van der Waals surface area contributed by atoms with Gasteiger partial charge in [-0.1, -0.05) is 42.9 Å². The van der Waals surface area contributed by atoms with Gasteiger partial charge in [0.15, 0.2) is 5.82 Å². The first kappa shape index (κ1) is 21.8. The summed E-state index contributed by atoms with van der Waals surface area (Å²) in [6.07, 6.45) is 2.05. The van der Waals surface area contributed by atoms with Gasteiger partial charge < -0.3 is 10.5 Å². The van der Waals surface area contributed by atoms with Crippen LogP contribution < -0.4 is 25.5 Å². The molecule has 9 nitrogen and oxygen atoms in total. The molecule has 1 aliphatic rings. The van der Waals surface area contributed by atoms with Crippen LogP contribution in [0.2, 0.25) is 0 Å². The number of hydrogen-bond acceptors (Lipinski definition) is 7. The molecule has 0 radical (unpaired) electrons. The number of nitrogens with two attached hydrogens (primary N) is 1. The van der Waals surface area contributed by atoms with Crippen molar-refractivity contribution in [1.82, 2.24) is 14.6 Å². The molecule has 0 aliphatic carbocycles. The molecule has 10 heteroatoms. The van der Waals surface area contributed by atoms with E-state index in [9.17, 15) is 14.4 Å². The molecule has 0 saturated carbocycles. The lowest BCUT2D eigenvalue weighted by atomic mass is 10.1. The zero-order valence-electron chi connectivity index (χ0n) is 18.4. The van der Waals surface area contributed by atoms with Crippen molar-refractivity contribution in [2.24, 2.45) is 5.73 Å². The van der Waals surface area contributed by atoms with Crippen molar-refractivity contribution in [3.63, 3.8) is 0 Å². The number of ether oxygens (including phenoxy) is 1. The van der Waals surface area contributed by atoms with Gasteiger partial charge in [0.05, 0.1) is 17.9 Å². The van der Waals surface area contributed by atoms with Crippen LogP contribution in [0.5, 0.6) is 5.75 Å². The lowest BCUT2D eigenvalue weighted by Crippen LogP contribution is -2.37. The second kappa shape index (κ2) is 8.71. The number of benzene rings is 2. The van der Waals surface area contributed by atoms with Crippen LogP contribution in [-0.4, -0.2) is 39.6 Å². The first-order chi connectivity index (χ1) is 16.5. The number of carbonyl (C=O) groups excluding carboxylic acids is 2. The van der Waals surface area contributed by atoms with Crippen LogP contribution in [-0.2, 0) is 9.59 Å². The number of unbranched alkanes of at least 4 members (excludes halogenated alkanes) is 1. The summed E-state index contributed by atoms with van der Waals surface area (Å²) in [6.45, 7) is 2.50. The SMILES string of the molecule is CCCCOc1ccc(-c2nc3sc(=C4C(=O)N(CC(N)=O)c5ccccc54)c(=O)n3n2)cc1. The van der Waals surface area contributed by atoms with Gasteiger partial charge in [0, 0.05) is 11.1 Å². The van der Waals surface area contributed by atoms with Crippen LogP contribution in [0.1, 0.15) is 25.3 Å². The second-order valence-corrected chi connectivity index (χ2v) is 8.82. The zero-order chi connectivity index (χ0) is 23.8. The summed E-state index contributed by atoms with van der Waals surface area (Å²) < 4.78 is 7.12. The Morgan fingerprint density at radius 2 is 1.88 bits per heavy atom. The minimum Gasteiger partial charge on any atom is -0.494 e. The molecular formula is C24H21N5O4S. The highest BCUT2D eigenvalue weighted by molar-refractivity contribution is 7.15. The van der Waals surface area contributed by atoms with Crippen LogP contribution in [0.3, 0.4) is 0 Å². The van der Waals surface area contributed by atoms with Gasteiger partial charge in [-0.2, -0.15) is 9.50 Å². The number of primary amides is 1. The van der Waals surface area contributed by atoms with E-state index in [-0.39, 0.29) is 16.7 Å². The van der Waals surface area contributed by atoms with E-state index >= 15 is 0 Å². The van der Waals surface area contributed by atoms with E-state index in [1.54, 1.807) is 24.3 Å². The molecule has 0 atom stereocenters. The fraction of sp³-hybridized carbons (Fsp3) is 0.208. The van der Waals surface area contributed by atoms with E-state index in [4.69, 9.17) is 10.5 Å². The number of para-hydroxylation sites is 1. The molecule has 0 unspecified atom stereocenters. The Labute approximate surface area is 198 Å². The summed E-state index contributed by atoms with van der Waals surface area (Å²) in [4.78, 5) is 44.0. The summed E-state index contributed by atoms with van der Waals surface area (Å²) in [5.41, 5.74) is 7.00. The number of fused-ring (bicyclic) bond motifs is 2. The quantitative estimate of drug-likeness (QED) is 0.407. The van der Waals surface area contributed by atoms with Crippen molar-refractivity contribution in [3.05, 3.63) is 69.0 Å². The molecule has 0 spiro atoms. The Morgan fingerprint density at radius 1 is 1.12 bits per heavy atom. The first-order valence-corrected chi connectivity index (χ1v) is 11.7. The molecule has 5 rings (SSSR count). The second-order valence-electron chi connectivity index (χ2n) is 7.84. The Balaban J connectivity index is 1.54. The van der Waals surface area contributed by atoms with E-state index in [0.29, 0.717) is 28.6 Å². The van der Waals surface area contributed by atoms with Gasteiger partial charge in [0.1, 0.15) is 16.8 Å². The molecule has 2 N–H and O–H groups in total. The van der Waals surface area contributed by atoms with Crippen molar-refractivity contribution in [1.29, 1.82) is 0 Å². The molecule has 3 heterocycles. The fourth-order valence-corrected chi connectivity index (χ4v) is 4.85. The highest BCUT2D eigenvalue weighted by Crippen LogP contribution is 2.35. The highest BCUT2D eigenvalue weighted by Gasteiger charge is 2.35. The number of thiazole rings is 1. The van der Waals surface area contributed by atoms with Crippen LogP contribution in [0, 0.1) is 0 Å². The number of carbonyl (C=O) groups is 2. The molecule has 2 aromatic carbocycles. The number of nitrogens with zero attached hydrogens (tertiary/aromatic N) is 4. The van der Waals surface area contributed by atoms with Crippen molar-refractivity contribution in [3.8, 4) is 17.1 Å². The van der Waals surface area contributed by atoms with Crippen molar-refractivity contribution in [2.75, 3.05) is 18.1 Å². The van der Waals surface area contributed by atoms with Crippen molar-refractivity contribution >= 4 is 39.4 Å². The molecule has 1 aliphatic heterocycles. The summed E-state index contributed by atoms with van der Waals surface area (Å²) in [7, 11) is 0. The molecule has 2 aromatic heterocycles. The Bertz CT molecular complexity index is 1520. The van der Waals surface area contributed by atoms with E-state index < -0.39 is 17.4 Å². The number of rotatable bonds is 7. The van der Waals surface area contributed by atoms with Gasteiger partial charge in [0.2, 0.25) is 10.9 Å². The number of aromatic nitrogens is 3. The lowest BCUT2D eigenvalue weighted by molar-refractivity contribution is -0.119. The Morgan fingerprint density at radius 3 is 2.59 bits per heavy atom. The first-order valence-electron chi connectivity index (χ1n) is 10.8. The zero-order valence-corrected chi connectivity index (χ0v) is 19.2. The fourth-order valence-electron chi connectivity index (χ4n) is 3.85. The maximum atomic E-state index is 13.2. The third-order valence-electron chi connectivity index (χ3n) is 5.50. The molecule has 2 amide bonds. The monoisotopic (exact) mass is 475 g/mol. The van der Waals surface area contributed by atoms with Crippen LogP contribution in [0.15, 0.2) is 53.3 Å². The van der Waals surface area contributed by atoms with Crippen LogP contribution >= 0.6 is 11.3 Å². The highest BCUT2D eigenvalue weighted by atomic mass is 32.1. The van der Waals surface area contributed by atoms with Gasteiger partial charge in [-0.3, -0.25) is 19.3 Å². The molecule has 0 bridgehead atoms. The van der Waals surface area contributed by atoms with Gasteiger partial charge in [-0.25, -0.2) is 0 Å². The van der Waals surface area contributed by atoms with Crippen molar-refractivity contribution in [2.45, 2.75) is 19.8 Å². The summed E-state index contributed by atoms with van der Waals surface area (Å²) in [5, 5.41) is 4.38. The summed E-state index contributed by atoms with van der Waals surface area (Å²) in [5.74, 6) is 0.0928. The topological polar surface area (TPSA) is 120 Å². The van der Waals surface area contributed by atoms with E-state index in [1.165, 1.54) is 9.42 Å². The Kier molecular flexibility index (Phi) is 5.58. The summed E-state index contributed by atoms with van der Waals surface area (Å²) in [6, 6.07) is 14.4. The van der Waals surface area contributed by atoms with E-state index in [2.05, 4.69) is 17.0 Å². The molecule has 172 valence electrons. The van der Waals surface area contributed by atoms with Gasteiger partial charge in [0.25, 0.3) is 11.5 Å². The lowest BCUT2D eigenvalue weighted by Gasteiger charge is -2.14. The normalized spacial score (nSPS) is 14.6. The Hall–Kier alpha value is -4.05. The standard InChI is InChI=1S/C24H21N5O4S/c1-2-3-12-33-15-10-8-14(9-11-15)21-26-24-29(27-21)23(32)20(34-24)19-16-6-4-5-7-17(16)28(22(19)31)13-18(25)30/h4-11H,2-3,12-13H2,1H3,(H2,25,30). The van der Waals surface area contributed by atoms with E-state index in [1.807, 2.05) is 24.3 Å². The van der Waals surface area contributed by atoms with Gasteiger partial charge in [-0.15, -0.1) is 5.10 Å². The van der Waals surface area contributed by atoms with Gasteiger partial charge in [-0.05, 0) is 36.8 Å². The molecule has 4 aromatic rings. The third kappa shape index (κ3) is 3.71. The molecule has 0 saturated heterocycles. The third-order valence-corrected chi connectivity index (χ3v) is 6.53. The van der Waals surface area contributed by atoms with Crippen LogP contribution in [0.4, 0.5) is 5.69 Å². The maximum absolute atomic E-state index is 13.2. The predicted octanol–water partition coefficient (Wildman–Crippen LogP) is 1.75. The van der Waals surface area contributed by atoms with Crippen molar-refractivity contribution < 1.29 is 14.3 Å². The largest absolute Gasteiger partial charge is 0.494 e. The smallest absolute Gasteiger partial charge is 0.291 e. The minimum atomic E-state index is -0.638. The predicted molar refractivity (Wildman–Crippen MR) is 129 cm³/mol. The minimum absolute atomic E-state index is 0.227. The number of amides is 2. The average molecular weight is 476 g/mol. The summed E-state index contributed by atoms with van der Waals surface area (Å²) >= 11 is 1.09. The number of hydrogen-bond donors (Lipinski definition) is 1. The number of anilines is 1. The maximum Gasteiger partial charge on any atom is 0.291 e. The van der Waals surface area contributed by atoms with Crippen LogP contribution in [0.25, 0.3) is 21.9 Å². The van der Waals surface area contributed by atoms with Gasteiger partial charge >= 0.3 is 0 Å². The molecule has 0 fully saturated rings.